The molecule has 1 N–H and O–H groups in total. The minimum atomic E-state index is -1.27. The van der Waals surface area contributed by atoms with Crippen LogP contribution in [-0.4, -0.2) is 28.6 Å². The molecule has 0 radical (unpaired) electrons. The Morgan fingerprint density at radius 1 is 1.47 bits per heavy atom. The normalized spacial score (nSPS) is 19.2. The third-order valence-corrected chi connectivity index (χ3v) is 3.54. The van der Waals surface area contributed by atoms with Crippen LogP contribution in [0.15, 0.2) is 18.2 Å². The minimum Gasteiger partial charge on any atom is -0.477 e. The summed E-state index contributed by atoms with van der Waals surface area (Å²) in [6.07, 6.45) is 3.04. The Hall–Kier alpha value is -2.11. The molecule has 0 spiro atoms. The van der Waals surface area contributed by atoms with Gasteiger partial charge in [0.1, 0.15) is 11.3 Å². The van der Waals surface area contributed by atoms with Gasteiger partial charge in [-0.25, -0.2) is 4.79 Å². The molecule has 6 heteroatoms. The third kappa shape index (κ3) is 2.52. The van der Waals surface area contributed by atoms with Gasteiger partial charge in [-0.05, 0) is 38.3 Å². The minimum absolute atomic E-state index is 0.191. The van der Waals surface area contributed by atoms with Crippen molar-refractivity contribution in [3.8, 4) is 0 Å². The van der Waals surface area contributed by atoms with E-state index in [0.717, 1.165) is 25.8 Å². The van der Waals surface area contributed by atoms with Crippen molar-refractivity contribution in [2.45, 2.75) is 32.2 Å². The molecule has 1 aromatic rings. The van der Waals surface area contributed by atoms with E-state index < -0.39 is 10.9 Å². The van der Waals surface area contributed by atoms with Gasteiger partial charge >= 0.3 is 11.7 Å². The summed E-state index contributed by atoms with van der Waals surface area (Å²) in [5, 5.41) is 20.3. The molecule has 2 rings (SSSR count). The van der Waals surface area contributed by atoms with Gasteiger partial charge < -0.3 is 10.0 Å². The van der Waals surface area contributed by atoms with Crippen molar-refractivity contribution in [2.75, 3.05) is 11.4 Å². The molecule has 1 unspecified atom stereocenters. The van der Waals surface area contributed by atoms with Crippen LogP contribution in [0.1, 0.15) is 36.5 Å². The zero-order chi connectivity index (χ0) is 14.0. The van der Waals surface area contributed by atoms with Crippen molar-refractivity contribution in [2.24, 2.45) is 0 Å². The fraction of sp³-hybridized carbons (Fsp3) is 0.462. The van der Waals surface area contributed by atoms with Crippen LogP contribution in [0.25, 0.3) is 0 Å². The van der Waals surface area contributed by atoms with Crippen LogP contribution >= 0.6 is 0 Å². The van der Waals surface area contributed by atoms with E-state index >= 15 is 0 Å². The SMILES string of the molecule is CC1CCCCN1c1cccc(C(=O)O)c1[N+](=O)[O-]. The van der Waals surface area contributed by atoms with E-state index in [1.54, 1.807) is 12.1 Å². The number of benzene rings is 1. The van der Waals surface area contributed by atoms with E-state index in [1.807, 2.05) is 11.8 Å². The number of para-hydroxylation sites is 1. The summed E-state index contributed by atoms with van der Waals surface area (Å²) in [7, 11) is 0. The highest BCUT2D eigenvalue weighted by Gasteiger charge is 2.30. The lowest BCUT2D eigenvalue weighted by molar-refractivity contribution is -0.384. The lowest BCUT2D eigenvalue weighted by Gasteiger charge is -2.35. The van der Waals surface area contributed by atoms with Gasteiger partial charge in [-0.15, -0.1) is 0 Å². The third-order valence-electron chi connectivity index (χ3n) is 3.54. The standard InChI is InChI=1S/C13H16N2O4/c1-9-5-2-3-8-14(9)11-7-4-6-10(13(16)17)12(11)15(18)19/h4,6-7,9H,2-3,5,8H2,1H3,(H,16,17). The Morgan fingerprint density at radius 2 is 2.21 bits per heavy atom. The Kier molecular flexibility index (Phi) is 3.69. The maximum absolute atomic E-state index is 11.2. The summed E-state index contributed by atoms with van der Waals surface area (Å²) in [6, 6.07) is 4.66. The monoisotopic (exact) mass is 264 g/mol. The lowest BCUT2D eigenvalue weighted by atomic mass is 10.0. The van der Waals surface area contributed by atoms with Crippen molar-refractivity contribution in [1.29, 1.82) is 0 Å². The number of nitrogens with zero attached hydrogens (tertiary/aromatic N) is 2. The molecule has 1 fully saturated rings. The van der Waals surface area contributed by atoms with Crippen LogP contribution in [0, 0.1) is 10.1 Å². The Labute approximate surface area is 110 Å². The first-order chi connectivity index (χ1) is 9.02. The smallest absolute Gasteiger partial charge is 0.342 e. The van der Waals surface area contributed by atoms with Crippen molar-refractivity contribution in [3.05, 3.63) is 33.9 Å². The van der Waals surface area contributed by atoms with Crippen LogP contribution < -0.4 is 4.90 Å². The first-order valence-electron chi connectivity index (χ1n) is 6.29. The summed E-state index contributed by atoms with van der Waals surface area (Å²) >= 11 is 0. The lowest BCUT2D eigenvalue weighted by Crippen LogP contribution is -2.38. The van der Waals surface area contributed by atoms with Crippen molar-refractivity contribution in [1.82, 2.24) is 0 Å². The number of anilines is 1. The second kappa shape index (κ2) is 5.26. The summed E-state index contributed by atoms with van der Waals surface area (Å²) < 4.78 is 0. The van der Waals surface area contributed by atoms with Crippen LogP contribution in [-0.2, 0) is 0 Å². The van der Waals surface area contributed by atoms with Gasteiger partial charge in [-0.1, -0.05) is 6.07 Å². The highest BCUT2D eigenvalue weighted by molar-refractivity contribution is 5.95. The van der Waals surface area contributed by atoms with Gasteiger partial charge in [-0.2, -0.15) is 0 Å². The van der Waals surface area contributed by atoms with Crippen LogP contribution in [0.3, 0.4) is 0 Å². The number of carboxylic acid groups (broad SMARTS) is 1. The predicted molar refractivity (Wildman–Crippen MR) is 70.7 cm³/mol. The quantitative estimate of drug-likeness (QED) is 0.670. The molecule has 1 aliphatic heterocycles. The number of carboxylic acids is 1. The van der Waals surface area contributed by atoms with E-state index in [2.05, 4.69) is 0 Å². The van der Waals surface area contributed by atoms with E-state index in [1.165, 1.54) is 6.07 Å². The molecule has 0 aromatic heterocycles. The Morgan fingerprint density at radius 3 is 2.79 bits per heavy atom. The molecule has 0 amide bonds. The summed E-state index contributed by atoms with van der Waals surface area (Å²) in [6.45, 7) is 2.74. The van der Waals surface area contributed by atoms with Crippen molar-refractivity contribution < 1.29 is 14.8 Å². The van der Waals surface area contributed by atoms with Crippen LogP contribution in [0.4, 0.5) is 11.4 Å². The number of piperidine rings is 1. The molecule has 0 bridgehead atoms. The number of hydrogen-bond donors (Lipinski definition) is 1. The summed E-state index contributed by atoms with van der Waals surface area (Å²) in [4.78, 5) is 23.7. The van der Waals surface area contributed by atoms with Gasteiger partial charge in [0.25, 0.3) is 0 Å². The van der Waals surface area contributed by atoms with Crippen LogP contribution in [0.5, 0.6) is 0 Å². The first kappa shape index (κ1) is 13.3. The van der Waals surface area contributed by atoms with Gasteiger partial charge in [0, 0.05) is 12.6 Å². The highest BCUT2D eigenvalue weighted by Crippen LogP contribution is 2.35. The van der Waals surface area contributed by atoms with Gasteiger partial charge in [0.15, 0.2) is 0 Å². The molecule has 0 aliphatic carbocycles. The van der Waals surface area contributed by atoms with Gasteiger partial charge in [0.05, 0.1) is 4.92 Å². The topological polar surface area (TPSA) is 83.7 Å². The fourth-order valence-electron chi connectivity index (χ4n) is 2.58. The molecule has 1 aromatic carbocycles. The molecule has 1 saturated heterocycles. The Balaban J connectivity index is 2.53. The first-order valence-corrected chi connectivity index (χ1v) is 6.29. The van der Waals surface area contributed by atoms with Crippen LogP contribution in [0.2, 0.25) is 0 Å². The van der Waals surface area contributed by atoms with Gasteiger partial charge in [-0.3, -0.25) is 10.1 Å². The second-order valence-corrected chi connectivity index (χ2v) is 4.77. The molecule has 6 nitrogen and oxygen atoms in total. The molecule has 1 atom stereocenters. The molecule has 102 valence electrons. The van der Waals surface area contributed by atoms with Crippen molar-refractivity contribution in [3.63, 3.8) is 0 Å². The average molecular weight is 264 g/mol. The summed E-state index contributed by atoms with van der Waals surface area (Å²) in [5.41, 5.74) is -0.138. The van der Waals surface area contributed by atoms with E-state index in [9.17, 15) is 14.9 Å². The number of carbonyl (C=O) groups is 1. The molecular weight excluding hydrogens is 248 g/mol. The molecular formula is C13H16N2O4. The number of aromatic carboxylic acids is 1. The molecule has 1 heterocycles. The van der Waals surface area contributed by atoms with E-state index in [-0.39, 0.29) is 17.3 Å². The van der Waals surface area contributed by atoms with E-state index in [0.29, 0.717) is 5.69 Å². The predicted octanol–water partition coefficient (Wildman–Crippen LogP) is 2.67. The maximum atomic E-state index is 11.2. The fourth-order valence-corrected chi connectivity index (χ4v) is 2.58. The molecule has 1 aliphatic rings. The maximum Gasteiger partial charge on any atom is 0.342 e. The number of rotatable bonds is 3. The zero-order valence-electron chi connectivity index (χ0n) is 10.7. The Bertz CT molecular complexity index is 515. The second-order valence-electron chi connectivity index (χ2n) is 4.77. The molecule has 19 heavy (non-hydrogen) atoms. The van der Waals surface area contributed by atoms with E-state index in [4.69, 9.17) is 5.11 Å². The zero-order valence-corrected chi connectivity index (χ0v) is 10.7. The van der Waals surface area contributed by atoms with Gasteiger partial charge in [0.2, 0.25) is 0 Å². The largest absolute Gasteiger partial charge is 0.477 e. The summed E-state index contributed by atoms with van der Waals surface area (Å²) in [5.74, 6) is -1.27. The number of hydrogen-bond acceptors (Lipinski definition) is 4. The highest BCUT2D eigenvalue weighted by atomic mass is 16.6. The number of nitro benzene ring substituents is 1. The molecule has 0 saturated carbocycles. The number of nitro groups is 1. The van der Waals surface area contributed by atoms with Crippen molar-refractivity contribution >= 4 is 17.3 Å². The average Bonchev–Trinajstić information content (AvgIpc) is 2.38.